The molecule has 7 heteroatoms. The molecule has 2 aromatic rings. The van der Waals surface area contributed by atoms with Gasteiger partial charge in [-0.05, 0) is 34.1 Å². The van der Waals surface area contributed by atoms with Crippen LogP contribution in [0.5, 0.6) is 0 Å². The molecule has 0 aliphatic heterocycles. The van der Waals surface area contributed by atoms with Gasteiger partial charge in [0.15, 0.2) is 0 Å². The summed E-state index contributed by atoms with van der Waals surface area (Å²) in [5.41, 5.74) is 6.31. The van der Waals surface area contributed by atoms with Crippen LogP contribution in [-0.2, 0) is 0 Å². The molecule has 1 aromatic heterocycles. The fourth-order valence-electron chi connectivity index (χ4n) is 1.22. The monoisotopic (exact) mass is 332 g/mol. The van der Waals surface area contributed by atoms with Gasteiger partial charge in [-0.3, -0.25) is 0 Å². The first-order valence-corrected chi connectivity index (χ1v) is 6.11. The molecule has 3 N–H and O–H groups in total. The number of anilines is 3. The summed E-state index contributed by atoms with van der Waals surface area (Å²) in [6.07, 6.45) is 0. The van der Waals surface area contributed by atoms with Crippen molar-refractivity contribution in [1.82, 2.24) is 9.97 Å². The molecule has 0 spiro atoms. The molecule has 0 radical (unpaired) electrons. The second-order valence-electron chi connectivity index (χ2n) is 3.19. The molecular weight excluding hydrogens is 327 g/mol. The molecule has 0 atom stereocenters. The summed E-state index contributed by atoms with van der Waals surface area (Å²) in [7, 11) is 0. The Bertz CT molecular complexity index is 542. The van der Waals surface area contributed by atoms with Gasteiger partial charge in [0, 0.05) is 16.2 Å². The summed E-state index contributed by atoms with van der Waals surface area (Å²) in [6.45, 7) is 0. The fraction of sp³-hybridized carbons (Fsp3) is 0. The Morgan fingerprint density at radius 2 is 1.94 bits per heavy atom. The second-order valence-corrected chi connectivity index (χ2v) is 4.84. The summed E-state index contributed by atoms with van der Waals surface area (Å²) >= 11 is 15.0. The average Bonchev–Trinajstić information content (AvgIpc) is 2.22. The van der Waals surface area contributed by atoms with Crippen molar-refractivity contribution in [3.05, 3.63) is 38.9 Å². The lowest BCUT2D eigenvalue weighted by molar-refractivity contribution is 1.18. The third-order valence-electron chi connectivity index (χ3n) is 1.90. The Hall–Kier alpha value is -1.04. The normalized spacial score (nSPS) is 10.3. The largest absolute Gasteiger partial charge is 0.368 e. The van der Waals surface area contributed by atoms with Gasteiger partial charge in [0.2, 0.25) is 5.95 Å². The molecule has 0 aliphatic rings. The molecule has 17 heavy (non-hydrogen) atoms. The quantitative estimate of drug-likeness (QED) is 0.819. The number of nitrogen functional groups attached to an aromatic ring is 1. The maximum absolute atomic E-state index is 5.89. The van der Waals surface area contributed by atoms with E-state index in [1.54, 1.807) is 12.1 Å². The predicted octanol–water partition coefficient (Wildman–Crippen LogP) is 3.87. The molecule has 0 saturated heterocycles. The fourth-order valence-corrected chi connectivity index (χ4v) is 1.91. The first-order valence-electron chi connectivity index (χ1n) is 4.57. The molecule has 1 aromatic carbocycles. The first kappa shape index (κ1) is 12.4. The highest BCUT2D eigenvalue weighted by atomic mass is 79.9. The number of nitrogens with two attached hydrogens (primary N) is 1. The number of hydrogen-bond acceptors (Lipinski definition) is 4. The number of rotatable bonds is 2. The molecule has 0 saturated carbocycles. The zero-order valence-corrected chi connectivity index (χ0v) is 11.5. The zero-order valence-electron chi connectivity index (χ0n) is 8.42. The van der Waals surface area contributed by atoms with Crippen molar-refractivity contribution < 1.29 is 0 Å². The Balaban J connectivity index is 2.28. The van der Waals surface area contributed by atoms with Crippen LogP contribution in [0.4, 0.5) is 17.5 Å². The van der Waals surface area contributed by atoms with E-state index in [1.807, 2.05) is 12.1 Å². The van der Waals surface area contributed by atoms with Crippen LogP contribution in [0.25, 0.3) is 0 Å². The summed E-state index contributed by atoms with van der Waals surface area (Å²) < 4.78 is 0.789. The van der Waals surface area contributed by atoms with Crippen LogP contribution in [0.3, 0.4) is 0 Å². The first-order chi connectivity index (χ1) is 8.04. The SMILES string of the molecule is Nc1nc(Cl)cc(Nc2ccc(Cl)c(Br)c2)n1. The lowest BCUT2D eigenvalue weighted by Gasteiger charge is -2.07. The van der Waals surface area contributed by atoms with E-state index < -0.39 is 0 Å². The zero-order chi connectivity index (χ0) is 12.4. The van der Waals surface area contributed by atoms with E-state index in [2.05, 4.69) is 31.2 Å². The van der Waals surface area contributed by atoms with Crippen LogP contribution >= 0.6 is 39.1 Å². The van der Waals surface area contributed by atoms with Gasteiger partial charge < -0.3 is 11.1 Å². The van der Waals surface area contributed by atoms with Crippen molar-refractivity contribution in [2.45, 2.75) is 0 Å². The van der Waals surface area contributed by atoms with Gasteiger partial charge in [-0.2, -0.15) is 4.98 Å². The highest BCUT2D eigenvalue weighted by molar-refractivity contribution is 9.10. The number of benzene rings is 1. The topological polar surface area (TPSA) is 63.8 Å². The molecule has 4 nitrogen and oxygen atoms in total. The number of halogens is 3. The van der Waals surface area contributed by atoms with Crippen LogP contribution in [-0.4, -0.2) is 9.97 Å². The van der Waals surface area contributed by atoms with Crippen LogP contribution in [0.1, 0.15) is 0 Å². The lowest BCUT2D eigenvalue weighted by atomic mass is 10.3. The molecule has 0 fully saturated rings. The van der Waals surface area contributed by atoms with Crippen molar-refractivity contribution in [2.24, 2.45) is 0 Å². The maximum atomic E-state index is 5.89. The van der Waals surface area contributed by atoms with Gasteiger partial charge in [0.1, 0.15) is 11.0 Å². The molecule has 0 amide bonds. The van der Waals surface area contributed by atoms with Crippen molar-refractivity contribution in [3.63, 3.8) is 0 Å². The average molecular weight is 334 g/mol. The Labute approximate surface area is 116 Å². The van der Waals surface area contributed by atoms with E-state index in [9.17, 15) is 0 Å². The van der Waals surface area contributed by atoms with Crippen LogP contribution in [0, 0.1) is 0 Å². The molecule has 88 valence electrons. The van der Waals surface area contributed by atoms with Gasteiger partial charge in [0.05, 0.1) is 5.02 Å². The maximum Gasteiger partial charge on any atom is 0.223 e. The summed E-state index contributed by atoms with van der Waals surface area (Å²) in [5.74, 6) is 0.643. The Morgan fingerprint density at radius 3 is 2.59 bits per heavy atom. The molecule has 0 unspecified atom stereocenters. The third kappa shape index (κ3) is 3.21. The Morgan fingerprint density at radius 1 is 1.18 bits per heavy atom. The summed E-state index contributed by atoms with van der Waals surface area (Å²) in [6, 6.07) is 6.99. The summed E-state index contributed by atoms with van der Waals surface area (Å²) in [5, 5.41) is 3.97. The number of hydrogen-bond donors (Lipinski definition) is 2. The van der Waals surface area contributed by atoms with Gasteiger partial charge >= 0.3 is 0 Å². The molecular formula is C10H7BrCl2N4. The van der Waals surface area contributed by atoms with E-state index in [-0.39, 0.29) is 11.1 Å². The van der Waals surface area contributed by atoms with E-state index in [1.165, 1.54) is 0 Å². The molecule has 0 aliphatic carbocycles. The minimum absolute atomic E-state index is 0.119. The third-order valence-corrected chi connectivity index (χ3v) is 3.31. The van der Waals surface area contributed by atoms with E-state index in [4.69, 9.17) is 28.9 Å². The van der Waals surface area contributed by atoms with E-state index in [0.29, 0.717) is 10.8 Å². The number of aromatic nitrogens is 2. The highest BCUT2D eigenvalue weighted by Gasteiger charge is 2.03. The molecule has 2 rings (SSSR count). The second kappa shape index (κ2) is 5.08. The lowest BCUT2D eigenvalue weighted by Crippen LogP contribution is -2.00. The molecule has 0 bridgehead atoms. The van der Waals surface area contributed by atoms with Crippen LogP contribution in [0.15, 0.2) is 28.7 Å². The van der Waals surface area contributed by atoms with Gasteiger partial charge in [-0.1, -0.05) is 23.2 Å². The number of nitrogens with zero attached hydrogens (tertiary/aromatic N) is 2. The standard InChI is InChI=1S/C10H7BrCl2N4/c11-6-3-5(1-2-7(6)12)15-9-4-8(13)16-10(14)17-9/h1-4H,(H3,14,15,16,17). The van der Waals surface area contributed by atoms with Crippen LogP contribution in [0.2, 0.25) is 10.2 Å². The van der Waals surface area contributed by atoms with Crippen molar-refractivity contribution >= 4 is 56.6 Å². The predicted molar refractivity (Wildman–Crippen MR) is 73.9 cm³/mol. The highest BCUT2D eigenvalue weighted by Crippen LogP contribution is 2.27. The van der Waals surface area contributed by atoms with Crippen molar-refractivity contribution in [3.8, 4) is 0 Å². The van der Waals surface area contributed by atoms with Gasteiger partial charge in [-0.25, -0.2) is 4.98 Å². The van der Waals surface area contributed by atoms with Crippen LogP contribution < -0.4 is 11.1 Å². The summed E-state index contributed by atoms with van der Waals surface area (Å²) in [4.78, 5) is 7.77. The van der Waals surface area contributed by atoms with Crippen molar-refractivity contribution in [1.29, 1.82) is 0 Å². The smallest absolute Gasteiger partial charge is 0.223 e. The van der Waals surface area contributed by atoms with E-state index in [0.717, 1.165) is 10.2 Å². The minimum Gasteiger partial charge on any atom is -0.368 e. The molecule has 1 heterocycles. The van der Waals surface area contributed by atoms with Gasteiger partial charge in [-0.15, -0.1) is 0 Å². The van der Waals surface area contributed by atoms with E-state index >= 15 is 0 Å². The van der Waals surface area contributed by atoms with Crippen molar-refractivity contribution in [2.75, 3.05) is 11.1 Å². The van der Waals surface area contributed by atoms with Gasteiger partial charge in [0.25, 0.3) is 0 Å². The number of nitrogens with one attached hydrogen (secondary N) is 1. The minimum atomic E-state index is 0.119. The Kier molecular flexibility index (Phi) is 3.71.